The number of esters is 1. The summed E-state index contributed by atoms with van der Waals surface area (Å²) in [5.41, 5.74) is 3.93. The molecule has 1 unspecified atom stereocenters. The maximum Gasteiger partial charge on any atom is 0.303 e. The summed E-state index contributed by atoms with van der Waals surface area (Å²) in [6.45, 7) is 1.43. The SMILES string of the molecule is CC(=O)OC(c1ccccc1)c1ccccc1-c1ccc(Cl)cc1. The van der Waals surface area contributed by atoms with Crippen molar-refractivity contribution >= 4 is 17.6 Å². The van der Waals surface area contributed by atoms with E-state index in [2.05, 4.69) is 0 Å². The molecule has 0 fully saturated rings. The quantitative estimate of drug-likeness (QED) is 0.575. The number of rotatable bonds is 4. The summed E-state index contributed by atoms with van der Waals surface area (Å²) < 4.78 is 5.64. The monoisotopic (exact) mass is 336 g/mol. The van der Waals surface area contributed by atoms with Crippen LogP contribution in [0, 0.1) is 0 Å². The molecule has 0 saturated carbocycles. The first-order chi connectivity index (χ1) is 11.6. The van der Waals surface area contributed by atoms with Crippen molar-refractivity contribution in [1.29, 1.82) is 0 Å². The summed E-state index contributed by atoms with van der Waals surface area (Å²) in [6, 6.07) is 25.4. The van der Waals surface area contributed by atoms with Crippen LogP contribution in [-0.2, 0) is 9.53 Å². The average Bonchev–Trinajstić information content (AvgIpc) is 2.61. The number of hydrogen-bond acceptors (Lipinski definition) is 2. The first-order valence-corrected chi connectivity index (χ1v) is 8.10. The average molecular weight is 337 g/mol. The molecule has 120 valence electrons. The number of carbonyl (C=O) groups is 1. The Labute approximate surface area is 146 Å². The first kappa shape index (κ1) is 16.3. The second-order valence-electron chi connectivity index (χ2n) is 5.49. The van der Waals surface area contributed by atoms with E-state index >= 15 is 0 Å². The molecule has 0 radical (unpaired) electrons. The van der Waals surface area contributed by atoms with Crippen molar-refractivity contribution in [2.75, 3.05) is 0 Å². The molecular weight excluding hydrogens is 320 g/mol. The zero-order valence-corrected chi connectivity index (χ0v) is 14.0. The van der Waals surface area contributed by atoms with Gasteiger partial charge in [0.05, 0.1) is 0 Å². The molecule has 0 bridgehead atoms. The van der Waals surface area contributed by atoms with Gasteiger partial charge in [0, 0.05) is 17.5 Å². The second-order valence-corrected chi connectivity index (χ2v) is 5.93. The van der Waals surface area contributed by atoms with E-state index in [1.54, 1.807) is 0 Å². The highest BCUT2D eigenvalue weighted by molar-refractivity contribution is 6.30. The summed E-state index contributed by atoms with van der Waals surface area (Å²) in [5, 5.41) is 0.691. The van der Waals surface area contributed by atoms with Crippen molar-refractivity contribution in [3.8, 4) is 11.1 Å². The van der Waals surface area contributed by atoms with Crippen LogP contribution in [0.5, 0.6) is 0 Å². The Balaban J connectivity index is 2.11. The Hall–Kier alpha value is -2.58. The normalized spacial score (nSPS) is 11.8. The topological polar surface area (TPSA) is 26.3 Å². The lowest BCUT2D eigenvalue weighted by molar-refractivity contribution is -0.144. The molecule has 3 aromatic rings. The summed E-state index contributed by atoms with van der Waals surface area (Å²) in [5.74, 6) is -0.310. The predicted octanol–water partition coefficient (Wildman–Crippen LogP) is 5.66. The molecule has 2 nitrogen and oxygen atoms in total. The smallest absolute Gasteiger partial charge is 0.303 e. The van der Waals surface area contributed by atoms with Gasteiger partial charge in [0.25, 0.3) is 0 Å². The molecule has 0 aliphatic heterocycles. The molecule has 0 amide bonds. The van der Waals surface area contributed by atoms with Gasteiger partial charge in [0.1, 0.15) is 0 Å². The fourth-order valence-electron chi connectivity index (χ4n) is 2.72. The molecule has 3 aromatic carbocycles. The molecule has 3 heteroatoms. The summed E-state index contributed by atoms with van der Waals surface area (Å²) in [4.78, 5) is 11.7. The second kappa shape index (κ2) is 7.33. The Bertz CT molecular complexity index is 826. The van der Waals surface area contributed by atoms with Gasteiger partial charge in [-0.3, -0.25) is 4.79 Å². The minimum Gasteiger partial charge on any atom is -0.453 e. The fourth-order valence-corrected chi connectivity index (χ4v) is 2.85. The number of benzene rings is 3. The predicted molar refractivity (Wildman–Crippen MR) is 96.9 cm³/mol. The van der Waals surface area contributed by atoms with Crippen molar-refractivity contribution in [3.05, 3.63) is 95.0 Å². The molecule has 24 heavy (non-hydrogen) atoms. The highest BCUT2D eigenvalue weighted by Gasteiger charge is 2.20. The zero-order valence-electron chi connectivity index (χ0n) is 13.3. The van der Waals surface area contributed by atoms with Crippen molar-refractivity contribution in [2.24, 2.45) is 0 Å². The van der Waals surface area contributed by atoms with E-state index < -0.39 is 6.10 Å². The maximum absolute atomic E-state index is 11.7. The van der Waals surface area contributed by atoms with Crippen molar-refractivity contribution in [2.45, 2.75) is 13.0 Å². The van der Waals surface area contributed by atoms with E-state index in [0.29, 0.717) is 5.02 Å². The molecule has 1 atom stereocenters. The Morgan fingerprint density at radius 1 is 0.875 bits per heavy atom. The van der Waals surface area contributed by atoms with Crippen molar-refractivity contribution in [3.63, 3.8) is 0 Å². The number of hydrogen-bond donors (Lipinski definition) is 0. The van der Waals surface area contributed by atoms with Gasteiger partial charge in [-0.25, -0.2) is 0 Å². The largest absolute Gasteiger partial charge is 0.453 e. The van der Waals surface area contributed by atoms with E-state index in [1.807, 2.05) is 78.9 Å². The molecule has 0 aliphatic rings. The molecule has 0 aliphatic carbocycles. The van der Waals surface area contributed by atoms with Crippen LogP contribution in [-0.4, -0.2) is 5.97 Å². The highest BCUT2D eigenvalue weighted by atomic mass is 35.5. The van der Waals surface area contributed by atoms with Crippen LogP contribution >= 0.6 is 11.6 Å². The van der Waals surface area contributed by atoms with Gasteiger partial charge in [-0.1, -0.05) is 78.3 Å². The van der Waals surface area contributed by atoms with Gasteiger partial charge in [-0.2, -0.15) is 0 Å². The third-order valence-corrected chi connectivity index (χ3v) is 4.04. The molecule has 0 N–H and O–H groups in total. The molecule has 0 saturated heterocycles. The maximum atomic E-state index is 11.7. The Kier molecular flexibility index (Phi) is 4.97. The van der Waals surface area contributed by atoms with Crippen LogP contribution in [0.2, 0.25) is 5.02 Å². The van der Waals surface area contributed by atoms with Crippen LogP contribution in [0.3, 0.4) is 0 Å². The van der Waals surface area contributed by atoms with Gasteiger partial charge in [0.15, 0.2) is 6.10 Å². The van der Waals surface area contributed by atoms with Crippen LogP contribution in [0.1, 0.15) is 24.2 Å². The van der Waals surface area contributed by atoms with Crippen LogP contribution < -0.4 is 0 Å². The molecule has 0 heterocycles. The number of carbonyl (C=O) groups excluding carboxylic acids is 1. The van der Waals surface area contributed by atoms with Gasteiger partial charge < -0.3 is 4.74 Å². The molecule has 0 spiro atoms. The molecule has 3 rings (SSSR count). The number of halogens is 1. The fraction of sp³-hybridized carbons (Fsp3) is 0.0952. The first-order valence-electron chi connectivity index (χ1n) is 7.72. The third-order valence-electron chi connectivity index (χ3n) is 3.78. The summed E-state index contributed by atoms with van der Waals surface area (Å²) >= 11 is 6.00. The van der Waals surface area contributed by atoms with Gasteiger partial charge in [0.2, 0.25) is 0 Å². The highest BCUT2D eigenvalue weighted by Crippen LogP contribution is 2.34. The van der Waals surface area contributed by atoms with Crippen molar-refractivity contribution in [1.82, 2.24) is 0 Å². The van der Waals surface area contributed by atoms with Gasteiger partial charge >= 0.3 is 5.97 Å². The van der Waals surface area contributed by atoms with E-state index in [4.69, 9.17) is 16.3 Å². The van der Waals surface area contributed by atoms with E-state index in [9.17, 15) is 4.79 Å². The van der Waals surface area contributed by atoms with E-state index in [0.717, 1.165) is 22.3 Å². The lowest BCUT2D eigenvalue weighted by Gasteiger charge is -2.21. The lowest BCUT2D eigenvalue weighted by atomic mass is 9.92. The van der Waals surface area contributed by atoms with Crippen LogP contribution in [0.15, 0.2) is 78.9 Å². The van der Waals surface area contributed by atoms with Crippen LogP contribution in [0.25, 0.3) is 11.1 Å². The van der Waals surface area contributed by atoms with Crippen LogP contribution in [0.4, 0.5) is 0 Å². The third kappa shape index (κ3) is 3.66. The lowest BCUT2D eigenvalue weighted by Crippen LogP contribution is -2.11. The summed E-state index contributed by atoms with van der Waals surface area (Å²) in [6.07, 6.45) is -0.449. The Morgan fingerprint density at radius 2 is 1.50 bits per heavy atom. The standard InChI is InChI=1S/C21H17ClO2/c1-15(23)24-21(17-7-3-2-4-8-17)20-10-6-5-9-19(20)16-11-13-18(22)14-12-16/h2-14,21H,1H3. The number of ether oxygens (including phenoxy) is 1. The van der Waals surface area contributed by atoms with Crippen molar-refractivity contribution < 1.29 is 9.53 Å². The minimum atomic E-state index is -0.449. The van der Waals surface area contributed by atoms with Gasteiger partial charge in [-0.05, 0) is 28.8 Å². The summed E-state index contributed by atoms with van der Waals surface area (Å²) in [7, 11) is 0. The van der Waals surface area contributed by atoms with E-state index in [1.165, 1.54) is 6.92 Å². The molecule has 0 aromatic heterocycles. The molecular formula is C21H17ClO2. The minimum absolute atomic E-state index is 0.310. The Morgan fingerprint density at radius 3 is 2.17 bits per heavy atom. The van der Waals surface area contributed by atoms with Gasteiger partial charge in [-0.15, -0.1) is 0 Å². The zero-order chi connectivity index (χ0) is 16.9. The van der Waals surface area contributed by atoms with E-state index in [-0.39, 0.29) is 5.97 Å².